The smallest absolute Gasteiger partial charge is 0.283 e. The summed E-state index contributed by atoms with van der Waals surface area (Å²) in [5.41, 5.74) is -0.0335. The Hall–Kier alpha value is -2.28. The molecule has 0 aliphatic rings. The molecule has 2 rings (SSSR count). The first kappa shape index (κ1) is 15.1. The molecular formula is C14H9F2NO3S. The fraction of sp³-hybridized carbons (Fsp3) is 0.0714. The van der Waals surface area contributed by atoms with Gasteiger partial charge < -0.3 is 0 Å². The molecule has 0 saturated carbocycles. The van der Waals surface area contributed by atoms with Gasteiger partial charge in [0.2, 0.25) is 0 Å². The van der Waals surface area contributed by atoms with Crippen molar-refractivity contribution in [1.29, 1.82) is 0 Å². The Kier molecular flexibility index (Phi) is 4.32. The van der Waals surface area contributed by atoms with Crippen molar-refractivity contribution in [1.82, 2.24) is 0 Å². The highest BCUT2D eigenvalue weighted by Crippen LogP contribution is 2.35. The molecule has 0 fully saturated rings. The highest BCUT2D eigenvalue weighted by atomic mass is 32.2. The van der Waals surface area contributed by atoms with E-state index in [1.54, 1.807) is 0 Å². The molecule has 108 valence electrons. The van der Waals surface area contributed by atoms with Crippen LogP contribution >= 0.6 is 11.8 Å². The number of rotatable bonds is 4. The average molecular weight is 309 g/mol. The predicted molar refractivity (Wildman–Crippen MR) is 73.6 cm³/mol. The van der Waals surface area contributed by atoms with Gasteiger partial charge in [0.1, 0.15) is 0 Å². The van der Waals surface area contributed by atoms with Crippen LogP contribution in [0.4, 0.5) is 14.5 Å². The van der Waals surface area contributed by atoms with Gasteiger partial charge in [0.25, 0.3) is 5.69 Å². The summed E-state index contributed by atoms with van der Waals surface area (Å²) in [5, 5.41) is 11.1. The number of hydrogen-bond acceptors (Lipinski definition) is 4. The molecule has 0 atom stereocenters. The maximum atomic E-state index is 13.1. The summed E-state index contributed by atoms with van der Waals surface area (Å²) in [6, 6.07) is 7.28. The molecule has 0 saturated heterocycles. The van der Waals surface area contributed by atoms with Crippen LogP contribution in [0.2, 0.25) is 0 Å². The minimum atomic E-state index is -1.02. The molecule has 0 spiro atoms. The second-order valence-corrected chi connectivity index (χ2v) is 5.29. The summed E-state index contributed by atoms with van der Waals surface area (Å²) < 4.78 is 26.0. The van der Waals surface area contributed by atoms with E-state index < -0.39 is 16.6 Å². The van der Waals surface area contributed by atoms with Crippen LogP contribution in [0, 0.1) is 21.7 Å². The lowest BCUT2D eigenvalue weighted by Gasteiger charge is -2.05. The Morgan fingerprint density at radius 1 is 1.14 bits per heavy atom. The zero-order valence-electron chi connectivity index (χ0n) is 10.8. The van der Waals surface area contributed by atoms with Gasteiger partial charge in [0.05, 0.1) is 9.82 Å². The van der Waals surface area contributed by atoms with Gasteiger partial charge >= 0.3 is 0 Å². The Morgan fingerprint density at radius 3 is 2.43 bits per heavy atom. The normalized spacial score (nSPS) is 10.4. The number of benzene rings is 2. The number of nitro groups is 1. The molecule has 2 aromatic rings. The number of Topliss-reactive ketones (excluding diaryl/α,β-unsaturated/α-hetero) is 1. The van der Waals surface area contributed by atoms with Crippen molar-refractivity contribution in [2.75, 3.05) is 0 Å². The Bertz CT molecular complexity index is 734. The number of carbonyl (C=O) groups is 1. The molecule has 0 N–H and O–H groups in total. The highest BCUT2D eigenvalue weighted by molar-refractivity contribution is 7.99. The number of ketones is 1. The van der Waals surface area contributed by atoms with Crippen molar-refractivity contribution >= 4 is 23.2 Å². The molecule has 0 radical (unpaired) electrons. The first-order valence-corrected chi connectivity index (χ1v) is 6.62. The van der Waals surface area contributed by atoms with Crippen molar-refractivity contribution in [2.24, 2.45) is 0 Å². The van der Waals surface area contributed by atoms with Gasteiger partial charge in [0.15, 0.2) is 17.4 Å². The molecule has 4 nitrogen and oxygen atoms in total. The lowest BCUT2D eigenvalue weighted by molar-refractivity contribution is -0.387. The van der Waals surface area contributed by atoms with Crippen LogP contribution in [-0.2, 0) is 0 Å². The molecule has 7 heteroatoms. The largest absolute Gasteiger partial charge is 0.295 e. The van der Waals surface area contributed by atoms with Gasteiger partial charge in [-0.05, 0) is 37.3 Å². The molecule has 0 amide bonds. The Labute approximate surface area is 122 Å². The second kappa shape index (κ2) is 6.01. The van der Waals surface area contributed by atoms with Crippen molar-refractivity contribution < 1.29 is 18.5 Å². The third-order valence-corrected chi connectivity index (χ3v) is 3.74. The molecule has 0 heterocycles. The highest BCUT2D eigenvalue weighted by Gasteiger charge is 2.17. The first-order chi connectivity index (χ1) is 9.88. The minimum absolute atomic E-state index is 0.219. The van der Waals surface area contributed by atoms with E-state index in [-0.39, 0.29) is 21.9 Å². The molecule has 0 aliphatic heterocycles. The van der Waals surface area contributed by atoms with E-state index in [0.717, 1.165) is 23.9 Å². The van der Waals surface area contributed by atoms with Crippen molar-refractivity contribution in [3.8, 4) is 0 Å². The Morgan fingerprint density at radius 2 is 1.86 bits per heavy atom. The maximum Gasteiger partial charge on any atom is 0.283 e. The zero-order chi connectivity index (χ0) is 15.6. The molecule has 21 heavy (non-hydrogen) atoms. The lowest BCUT2D eigenvalue weighted by Crippen LogP contribution is -1.97. The van der Waals surface area contributed by atoms with Crippen LogP contribution in [-0.4, -0.2) is 10.7 Å². The predicted octanol–water partition coefficient (Wildman–Crippen LogP) is 4.23. The van der Waals surface area contributed by atoms with Gasteiger partial charge in [-0.2, -0.15) is 0 Å². The summed E-state index contributed by atoms with van der Waals surface area (Å²) in [5.74, 6) is -2.30. The first-order valence-electron chi connectivity index (χ1n) is 5.81. The van der Waals surface area contributed by atoms with E-state index in [1.807, 2.05) is 0 Å². The average Bonchev–Trinajstić information content (AvgIpc) is 2.43. The summed E-state index contributed by atoms with van der Waals surface area (Å²) in [4.78, 5) is 22.3. The summed E-state index contributed by atoms with van der Waals surface area (Å²) >= 11 is 0.926. The molecular weight excluding hydrogens is 300 g/mol. The molecule has 0 aromatic heterocycles. The number of carbonyl (C=O) groups excluding carboxylic acids is 1. The SMILES string of the molecule is CC(=O)c1ccc(Sc2ccc(F)c(F)c2)c([N+](=O)[O-])c1. The monoisotopic (exact) mass is 309 g/mol. The fourth-order valence-corrected chi connectivity index (χ4v) is 2.56. The van der Waals surface area contributed by atoms with Crippen LogP contribution < -0.4 is 0 Å². The standard InChI is InChI=1S/C14H9F2NO3S/c1-8(18)9-2-5-14(13(6-9)17(19)20)21-10-3-4-11(15)12(16)7-10/h2-7H,1H3. The summed E-state index contributed by atoms with van der Waals surface area (Å²) in [6.07, 6.45) is 0. The van der Waals surface area contributed by atoms with Gasteiger partial charge in [-0.3, -0.25) is 14.9 Å². The molecule has 2 aromatic carbocycles. The van der Waals surface area contributed by atoms with Crippen LogP contribution in [0.15, 0.2) is 46.2 Å². The number of nitro benzene ring substituents is 1. The van der Waals surface area contributed by atoms with Crippen molar-refractivity contribution in [3.63, 3.8) is 0 Å². The van der Waals surface area contributed by atoms with E-state index in [1.165, 1.54) is 31.2 Å². The zero-order valence-corrected chi connectivity index (χ0v) is 11.6. The summed E-state index contributed by atoms with van der Waals surface area (Å²) in [7, 11) is 0. The van der Waals surface area contributed by atoms with Gasteiger partial charge in [-0.15, -0.1) is 0 Å². The van der Waals surface area contributed by atoms with Crippen LogP contribution in [0.1, 0.15) is 17.3 Å². The van der Waals surface area contributed by atoms with E-state index in [4.69, 9.17) is 0 Å². The van der Waals surface area contributed by atoms with Crippen LogP contribution in [0.3, 0.4) is 0 Å². The van der Waals surface area contributed by atoms with E-state index >= 15 is 0 Å². The van der Waals surface area contributed by atoms with E-state index in [0.29, 0.717) is 4.90 Å². The van der Waals surface area contributed by atoms with Crippen LogP contribution in [0.5, 0.6) is 0 Å². The van der Waals surface area contributed by atoms with E-state index in [2.05, 4.69) is 0 Å². The van der Waals surface area contributed by atoms with Crippen LogP contribution in [0.25, 0.3) is 0 Å². The summed E-state index contributed by atoms with van der Waals surface area (Å²) in [6.45, 7) is 1.31. The van der Waals surface area contributed by atoms with Crippen molar-refractivity contribution in [3.05, 3.63) is 63.7 Å². The van der Waals surface area contributed by atoms with Crippen molar-refractivity contribution in [2.45, 2.75) is 16.7 Å². The lowest BCUT2D eigenvalue weighted by atomic mass is 10.1. The molecule has 0 bridgehead atoms. The minimum Gasteiger partial charge on any atom is -0.295 e. The van der Waals surface area contributed by atoms with Gasteiger partial charge in [-0.1, -0.05) is 11.8 Å². The topological polar surface area (TPSA) is 60.2 Å². The second-order valence-electron chi connectivity index (χ2n) is 4.17. The third-order valence-electron chi connectivity index (χ3n) is 2.68. The third kappa shape index (κ3) is 3.43. The fourth-order valence-electron chi connectivity index (χ4n) is 1.63. The Balaban J connectivity index is 2.41. The quantitative estimate of drug-likeness (QED) is 0.482. The maximum absolute atomic E-state index is 13.1. The number of nitrogens with zero attached hydrogens (tertiary/aromatic N) is 1. The van der Waals surface area contributed by atoms with Gasteiger partial charge in [-0.25, -0.2) is 8.78 Å². The molecule has 0 unspecified atom stereocenters. The molecule has 0 aliphatic carbocycles. The van der Waals surface area contributed by atoms with Gasteiger partial charge in [0, 0.05) is 16.5 Å². The van der Waals surface area contributed by atoms with E-state index in [9.17, 15) is 23.7 Å². The number of hydrogen-bond donors (Lipinski definition) is 0. The number of halogens is 2.